The lowest BCUT2D eigenvalue weighted by atomic mass is 10.1. The molecule has 0 heterocycles. The van der Waals surface area contributed by atoms with Gasteiger partial charge in [-0.15, -0.1) is 0 Å². The maximum absolute atomic E-state index is 12.4. The molecule has 0 aliphatic rings. The van der Waals surface area contributed by atoms with Crippen LogP contribution >= 0.6 is 0 Å². The lowest BCUT2D eigenvalue weighted by Gasteiger charge is -2.18. The monoisotopic (exact) mass is 329 g/mol. The van der Waals surface area contributed by atoms with E-state index < -0.39 is 6.10 Å². The van der Waals surface area contributed by atoms with E-state index >= 15 is 0 Å². The summed E-state index contributed by atoms with van der Waals surface area (Å²) in [4.78, 5) is 12.4. The second kappa shape index (κ2) is 7.73. The third-order valence-electron chi connectivity index (χ3n) is 3.67. The van der Waals surface area contributed by atoms with Crippen LogP contribution in [0.4, 0.5) is 5.69 Å². The first kappa shape index (κ1) is 17.7. The van der Waals surface area contributed by atoms with Crippen LogP contribution in [0.2, 0.25) is 0 Å². The fourth-order valence-electron chi connectivity index (χ4n) is 2.32. The fourth-order valence-corrected chi connectivity index (χ4v) is 2.32. The van der Waals surface area contributed by atoms with Crippen LogP contribution in [0.5, 0.6) is 17.2 Å². The van der Waals surface area contributed by atoms with Crippen LogP contribution in [0.15, 0.2) is 36.4 Å². The maximum atomic E-state index is 12.4. The summed E-state index contributed by atoms with van der Waals surface area (Å²) in [6.07, 6.45) is -0.651. The van der Waals surface area contributed by atoms with E-state index in [0.717, 1.165) is 11.1 Å². The Morgan fingerprint density at radius 2 is 1.71 bits per heavy atom. The summed E-state index contributed by atoms with van der Waals surface area (Å²) in [5.41, 5.74) is 2.68. The lowest BCUT2D eigenvalue weighted by Crippen LogP contribution is -2.30. The fraction of sp³-hybridized carbons (Fsp3) is 0.316. The molecule has 0 radical (unpaired) electrons. The highest BCUT2D eigenvalue weighted by Crippen LogP contribution is 2.29. The van der Waals surface area contributed by atoms with E-state index in [1.54, 1.807) is 39.3 Å². The number of benzene rings is 2. The summed E-state index contributed by atoms with van der Waals surface area (Å²) in [5, 5.41) is 2.82. The van der Waals surface area contributed by atoms with Crippen molar-refractivity contribution in [3.63, 3.8) is 0 Å². The molecule has 0 fully saturated rings. The molecular weight excluding hydrogens is 306 g/mol. The molecule has 0 bridgehead atoms. The molecule has 2 aromatic carbocycles. The van der Waals surface area contributed by atoms with Crippen molar-refractivity contribution in [2.24, 2.45) is 0 Å². The first-order chi connectivity index (χ1) is 11.4. The van der Waals surface area contributed by atoms with Crippen LogP contribution in [0.1, 0.15) is 18.1 Å². The SMILES string of the molecule is COc1ccc(OC)c(NC(=O)[C@@H](C)Oc2ccc(C)cc2C)c1. The second-order valence-electron chi connectivity index (χ2n) is 5.58. The molecule has 2 rings (SSSR count). The molecule has 5 heteroatoms. The number of carbonyl (C=O) groups excluding carboxylic acids is 1. The molecule has 0 unspecified atom stereocenters. The van der Waals surface area contributed by atoms with Gasteiger partial charge < -0.3 is 19.5 Å². The molecule has 1 atom stereocenters. The highest BCUT2D eigenvalue weighted by molar-refractivity contribution is 5.95. The number of methoxy groups -OCH3 is 2. The largest absolute Gasteiger partial charge is 0.497 e. The van der Waals surface area contributed by atoms with Crippen molar-refractivity contribution < 1.29 is 19.0 Å². The lowest BCUT2D eigenvalue weighted by molar-refractivity contribution is -0.122. The number of nitrogens with one attached hydrogen (secondary N) is 1. The predicted molar refractivity (Wildman–Crippen MR) is 94.2 cm³/mol. The molecule has 24 heavy (non-hydrogen) atoms. The number of carbonyl (C=O) groups is 1. The molecule has 0 saturated carbocycles. The molecule has 0 spiro atoms. The Morgan fingerprint density at radius 3 is 2.33 bits per heavy atom. The maximum Gasteiger partial charge on any atom is 0.265 e. The highest BCUT2D eigenvalue weighted by Gasteiger charge is 2.18. The van der Waals surface area contributed by atoms with Crippen LogP contribution in [0.3, 0.4) is 0 Å². The Bertz CT molecular complexity index is 727. The number of amides is 1. The summed E-state index contributed by atoms with van der Waals surface area (Å²) in [6.45, 7) is 5.68. The van der Waals surface area contributed by atoms with Crippen molar-refractivity contribution in [1.82, 2.24) is 0 Å². The average Bonchev–Trinajstić information content (AvgIpc) is 2.57. The van der Waals surface area contributed by atoms with Gasteiger partial charge in [-0.1, -0.05) is 17.7 Å². The number of anilines is 1. The van der Waals surface area contributed by atoms with E-state index in [1.807, 2.05) is 32.0 Å². The van der Waals surface area contributed by atoms with Crippen LogP contribution in [0, 0.1) is 13.8 Å². The molecule has 0 aliphatic carbocycles. The Hall–Kier alpha value is -2.69. The number of aryl methyl sites for hydroxylation is 2. The van der Waals surface area contributed by atoms with Crippen molar-refractivity contribution in [1.29, 1.82) is 0 Å². The molecule has 1 N–H and O–H groups in total. The zero-order valence-electron chi connectivity index (χ0n) is 14.7. The Kier molecular flexibility index (Phi) is 5.68. The van der Waals surface area contributed by atoms with Gasteiger partial charge in [-0.3, -0.25) is 4.79 Å². The van der Waals surface area contributed by atoms with Gasteiger partial charge in [0.2, 0.25) is 0 Å². The zero-order chi connectivity index (χ0) is 17.7. The molecule has 128 valence electrons. The summed E-state index contributed by atoms with van der Waals surface area (Å²) < 4.78 is 16.2. The van der Waals surface area contributed by atoms with Crippen LogP contribution in [-0.2, 0) is 4.79 Å². The zero-order valence-corrected chi connectivity index (χ0v) is 14.7. The third-order valence-corrected chi connectivity index (χ3v) is 3.67. The van der Waals surface area contributed by atoms with E-state index in [-0.39, 0.29) is 5.91 Å². The average molecular weight is 329 g/mol. The number of rotatable bonds is 6. The second-order valence-corrected chi connectivity index (χ2v) is 5.58. The molecule has 1 amide bonds. The first-order valence-electron chi connectivity index (χ1n) is 7.71. The van der Waals surface area contributed by atoms with Gasteiger partial charge >= 0.3 is 0 Å². The molecule has 0 aliphatic heterocycles. The van der Waals surface area contributed by atoms with Gasteiger partial charge in [0.1, 0.15) is 17.2 Å². The summed E-state index contributed by atoms with van der Waals surface area (Å²) in [5.74, 6) is 1.62. The summed E-state index contributed by atoms with van der Waals surface area (Å²) in [6, 6.07) is 11.1. The quantitative estimate of drug-likeness (QED) is 0.877. The van der Waals surface area contributed by atoms with Crippen molar-refractivity contribution >= 4 is 11.6 Å². The van der Waals surface area contributed by atoms with Crippen molar-refractivity contribution in [3.8, 4) is 17.2 Å². The Labute approximate surface area is 142 Å². The minimum atomic E-state index is -0.651. The van der Waals surface area contributed by atoms with E-state index in [0.29, 0.717) is 22.9 Å². The van der Waals surface area contributed by atoms with Gasteiger partial charge in [-0.2, -0.15) is 0 Å². The predicted octanol–water partition coefficient (Wildman–Crippen LogP) is 3.73. The standard InChI is InChI=1S/C19H23NO4/c1-12-6-8-17(13(2)10-12)24-14(3)19(21)20-16-11-15(22-4)7-9-18(16)23-5/h6-11,14H,1-5H3,(H,20,21)/t14-/m1/s1. The molecular formula is C19H23NO4. The molecule has 5 nitrogen and oxygen atoms in total. The van der Waals surface area contributed by atoms with Crippen LogP contribution in [-0.4, -0.2) is 26.2 Å². The van der Waals surface area contributed by atoms with E-state index in [1.165, 1.54) is 0 Å². The number of hydrogen-bond donors (Lipinski definition) is 1. The van der Waals surface area contributed by atoms with Gasteiger partial charge in [0.25, 0.3) is 5.91 Å². The highest BCUT2D eigenvalue weighted by atomic mass is 16.5. The summed E-state index contributed by atoms with van der Waals surface area (Å²) in [7, 11) is 3.12. The summed E-state index contributed by atoms with van der Waals surface area (Å²) >= 11 is 0. The minimum Gasteiger partial charge on any atom is -0.497 e. The van der Waals surface area contributed by atoms with Crippen molar-refractivity contribution in [3.05, 3.63) is 47.5 Å². The number of ether oxygens (including phenoxy) is 3. The van der Waals surface area contributed by atoms with Gasteiger partial charge in [-0.05, 0) is 44.5 Å². The van der Waals surface area contributed by atoms with Crippen molar-refractivity contribution in [2.75, 3.05) is 19.5 Å². The van der Waals surface area contributed by atoms with E-state index in [9.17, 15) is 4.79 Å². The molecule has 2 aromatic rings. The topological polar surface area (TPSA) is 56.8 Å². The Morgan fingerprint density at radius 1 is 1.00 bits per heavy atom. The van der Waals surface area contributed by atoms with Crippen LogP contribution < -0.4 is 19.5 Å². The van der Waals surface area contributed by atoms with Crippen molar-refractivity contribution in [2.45, 2.75) is 26.9 Å². The van der Waals surface area contributed by atoms with Gasteiger partial charge in [0.15, 0.2) is 6.10 Å². The minimum absolute atomic E-state index is 0.262. The van der Waals surface area contributed by atoms with Gasteiger partial charge in [-0.25, -0.2) is 0 Å². The van der Waals surface area contributed by atoms with Crippen LogP contribution in [0.25, 0.3) is 0 Å². The Balaban J connectivity index is 2.11. The molecule has 0 saturated heterocycles. The van der Waals surface area contributed by atoms with E-state index in [4.69, 9.17) is 14.2 Å². The first-order valence-corrected chi connectivity index (χ1v) is 7.71. The smallest absolute Gasteiger partial charge is 0.265 e. The third kappa shape index (κ3) is 4.19. The van der Waals surface area contributed by atoms with Gasteiger partial charge in [0, 0.05) is 6.07 Å². The van der Waals surface area contributed by atoms with E-state index in [2.05, 4.69) is 5.32 Å². The normalized spacial score (nSPS) is 11.5. The number of hydrogen-bond acceptors (Lipinski definition) is 4. The molecule has 0 aromatic heterocycles. The van der Waals surface area contributed by atoms with Gasteiger partial charge in [0.05, 0.1) is 19.9 Å².